The molecule has 2 nitrogen and oxygen atoms in total. The first kappa shape index (κ1) is 15.3. The number of rotatable bonds is 5. The standard InChI is InChI=1S/C21H22N2/c1-3-23(4-2)20-15-10-17(11-16-20)9-13-19-14-12-18-7-5-6-8-21(18)22-19/h5-16H,3-4H2,1-2H3. The number of nitrogens with zero attached hydrogens (tertiary/aromatic N) is 2. The summed E-state index contributed by atoms with van der Waals surface area (Å²) >= 11 is 0. The molecule has 0 bridgehead atoms. The number of hydrogen-bond acceptors (Lipinski definition) is 2. The van der Waals surface area contributed by atoms with Gasteiger partial charge >= 0.3 is 0 Å². The second-order valence-electron chi connectivity index (χ2n) is 5.53. The summed E-state index contributed by atoms with van der Waals surface area (Å²) in [5, 5.41) is 1.17. The minimum Gasteiger partial charge on any atom is -0.372 e. The maximum absolute atomic E-state index is 4.67. The number of pyridine rings is 1. The topological polar surface area (TPSA) is 16.1 Å². The molecule has 3 aromatic rings. The van der Waals surface area contributed by atoms with Gasteiger partial charge in [-0.3, -0.25) is 0 Å². The van der Waals surface area contributed by atoms with Gasteiger partial charge in [-0.1, -0.05) is 42.5 Å². The van der Waals surface area contributed by atoms with Crippen molar-refractivity contribution in [1.82, 2.24) is 4.98 Å². The van der Waals surface area contributed by atoms with E-state index in [1.165, 1.54) is 16.6 Å². The summed E-state index contributed by atoms with van der Waals surface area (Å²) in [6.07, 6.45) is 4.18. The van der Waals surface area contributed by atoms with E-state index in [2.05, 4.69) is 78.3 Å². The molecule has 0 fully saturated rings. The molecule has 0 aliphatic carbocycles. The van der Waals surface area contributed by atoms with Crippen molar-refractivity contribution in [3.8, 4) is 0 Å². The van der Waals surface area contributed by atoms with Crippen LogP contribution >= 0.6 is 0 Å². The Kier molecular flexibility index (Phi) is 4.72. The van der Waals surface area contributed by atoms with E-state index in [1.54, 1.807) is 0 Å². The Morgan fingerprint density at radius 3 is 2.30 bits per heavy atom. The van der Waals surface area contributed by atoms with Crippen LogP contribution in [0.3, 0.4) is 0 Å². The number of anilines is 1. The van der Waals surface area contributed by atoms with E-state index in [-0.39, 0.29) is 0 Å². The maximum Gasteiger partial charge on any atom is 0.0709 e. The van der Waals surface area contributed by atoms with E-state index in [4.69, 9.17) is 0 Å². The van der Waals surface area contributed by atoms with Crippen LogP contribution in [0.2, 0.25) is 0 Å². The summed E-state index contributed by atoms with van der Waals surface area (Å²) in [5.41, 5.74) is 4.48. The average Bonchev–Trinajstić information content (AvgIpc) is 2.62. The molecule has 0 atom stereocenters. The van der Waals surface area contributed by atoms with Gasteiger partial charge in [-0.15, -0.1) is 0 Å². The highest BCUT2D eigenvalue weighted by Gasteiger charge is 2.00. The number of fused-ring (bicyclic) bond motifs is 1. The molecule has 0 aliphatic heterocycles. The first-order valence-electron chi connectivity index (χ1n) is 8.19. The predicted octanol–water partition coefficient (Wildman–Crippen LogP) is 5.25. The Hall–Kier alpha value is -2.61. The minimum absolute atomic E-state index is 0.983. The van der Waals surface area contributed by atoms with E-state index in [1.807, 2.05) is 18.2 Å². The van der Waals surface area contributed by atoms with Gasteiger partial charge in [0.05, 0.1) is 11.2 Å². The van der Waals surface area contributed by atoms with E-state index in [9.17, 15) is 0 Å². The minimum atomic E-state index is 0.983. The molecule has 23 heavy (non-hydrogen) atoms. The number of benzene rings is 2. The van der Waals surface area contributed by atoms with Gasteiger partial charge in [-0.05, 0) is 49.8 Å². The van der Waals surface area contributed by atoms with Crippen LogP contribution in [0.5, 0.6) is 0 Å². The van der Waals surface area contributed by atoms with E-state index in [0.717, 1.165) is 24.3 Å². The molecule has 0 N–H and O–H groups in total. The molecule has 0 saturated heterocycles. The summed E-state index contributed by atoms with van der Waals surface area (Å²) in [6, 6.07) is 21.0. The summed E-state index contributed by atoms with van der Waals surface area (Å²) in [7, 11) is 0. The van der Waals surface area contributed by atoms with Gasteiger partial charge in [0.1, 0.15) is 0 Å². The fourth-order valence-corrected chi connectivity index (χ4v) is 2.74. The van der Waals surface area contributed by atoms with Gasteiger partial charge in [0.25, 0.3) is 0 Å². The van der Waals surface area contributed by atoms with Crippen LogP contribution < -0.4 is 4.90 Å². The second-order valence-corrected chi connectivity index (χ2v) is 5.53. The van der Waals surface area contributed by atoms with Crippen LogP contribution in [-0.2, 0) is 0 Å². The van der Waals surface area contributed by atoms with Crippen molar-refractivity contribution in [1.29, 1.82) is 0 Å². The van der Waals surface area contributed by atoms with Crippen LogP contribution in [0.15, 0.2) is 60.7 Å². The summed E-state index contributed by atoms with van der Waals surface area (Å²) in [5.74, 6) is 0. The van der Waals surface area contributed by atoms with Gasteiger partial charge in [0, 0.05) is 24.2 Å². The van der Waals surface area contributed by atoms with Gasteiger partial charge in [0.2, 0.25) is 0 Å². The van der Waals surface area contributed by atoms with Crippen molar-refractivity contribution in [3.05, 3.63) is 71.9 Å². The van der Waals surface area contributed by atoms with Crippen molar-refractivity contribution in [2.24, 2.45) is 0 Å². The Balaban J connectivity index is 1.78. The molecule has 3 rings (SSSR count). The summed E-state index contributed by atoms with van der Waals surface area (Å²) in [6.45, 7) is 6.44. The molecule has 0 amide bonds. The van der Waals surface area contributed by atoms with Crippen molar-refractivity contribution in [3.63, 3.8) is 0 Å². The fourth-order valence-electron chi connectivity index (χ4n) is 2.74. The Labute approximate surface area is 138 Å². The number of aromatic nitrogens is 1. The zero-order valence-electron chi connectivity index (χ0n) is 13.7. The molecule has 116 valence electrons. The molecular weight excluding hydrogens is 280 g/mol. The van der Waals surface area contributed by atoms with Crippen molar-refractivity contribution < 1.29 is 0 Å². The smallest absolute Gasteiger partial charge is 0.0709 e. The van der Waals surface area contributed by atoms with Gasteiger partial charge in [-0.2, -0.15) is 0 Å². The quantitative estimate of drug-likeness (QED) is 0.640. The molecular formula is C21H22N2. The second kappa shape index (κ2) is 7.10. The molecule has 1 heterocycles. The third-order valence-electron chi connectivity index (χ3n) is 4.09. The first-order valence-corrected chi connectivity index (χ1v) is 8.19. The normalized spacial score (nSPS) is 11.2. The highest BCUT2D eigenvalue weighted by Crippen LogP contribution is 2.17. The monoisotopic (exact) mass is 302 g/mol. The third kappa shape index (κ3) is 3.59. The molecule has 0 unspecified atom stereocenters. The predicted molar refractivity (Wildman–Crippen MR) is 101 cm³/mol. The van der Waals surface area contributed by atoms with Crippen LogP contribution in [0, 0.1) is 0 Å². The Morgan fingerprint density at radius 1 is 0.826 bits per heavy atom. The lowest BCUT2D eigenvalue weighted by molar-refractivity contribution is 0.866. The van der Waals surface area contributed by atoms with Gasteiger partial charge < -0.3 is 4.90 Å². The summed E-state index contributed by atoms with van der Waals surface area (Å²) < 4.78 is 0. The van der Waals surface area contributed by atoms with Gasteiger partial charge in [0.15, 0.2) is 0 Å². The number of hydrogen-bond donors (Lipinski definition) is 0. The SMILES string of the molecule is CCN(CC)c1ccc(C=Cc2ccc3ccccc3n2)cc1. The van der Waals surface area contributed by atoms with E-state index in [0.29, 0.717) is 0 Å². The van der Waals surface area contributed by atoms with E-state index < -0.39 is 0 Å². The van der Waals surface area contributed by atoms with E-state index >= 15 is 0 Å². The molecule has 0 radical (unpaired) electrons. The lowest BCUT2D eigenvalue weighted by Gasteiger charge is -2.20. The Bertz CT molecular complexity index is 799. The highest BCUT2D eigenvalue weighted by atomic mass is 15.1. The van der Waals surface area contributed by atoms with Crippen LogP contribution in [0.25, 0.3) is 23.1 Å². The van der Waals surface area contributed by atoms with Crippen molar-refractivity contribution >= 4 is 28.7 Å². The maximum atomic E-state index is 4.67. The average molecular weight is 302 g/mol. The van der Waals surface area contributed by atoms with Crippen LogP contribution in [0.4, 0.5) is 5.69 Å². The Morgan fingerprint density at radius 2 is 1.57 bits per heavy atom. The van der Waals surface area contributed by atoms with Crippen LogP contribution in [0.1, 0.15) is 25.1 Å². The van der Waals surface area contributed by atoms with Crippen molar-refractivity contribution in [2.75, 3.05) is 18.0 Å². The zero-order valence-corrected chi connectivity index (χ0v) is 13.7. The molecule has 0 spiro atoms. The first-order chi connectivity index (χ1) is 11.3. The lowest BCUT2D eigenvalue weighted by Crippen LogP contribution is -2.21. The fraction of sp³-hybridized carbons (Fsp3) is 0.190. The number of para-hydroxylation sites is 1. The molecule has 1 aromatic heterocycles. The molecule has 0 saturated carbocycles. The third-order valence-corrected chi connectivity index (χ3v) is 4.09. The molecule has 2 heteroatoms. The zero-order chi connectivity index (χ0) is 16.1. The van der Waals surface area contributed by atoms with Crippen LogP contribution in [-0.4, -0.2) is 18.1 Å². The molecule has 2 aromatic carbocycles. The lowest BCUT2D eigenvalue weighted by atomic mass is 10.1. The summed E-state index contributed by atoms with van der Waals surface area (Å²) in [4.78, 5) is 7.01. The van der Waals surface area contributed by atoms with Crippen molar-refractivity contribution in [2.45, 2.75) is 13.8 Å². The van der Waals surface area contributed by atoms with Gasteiger partial charge in [-0.25, -0.2) is 4.98 Å². The highest BCUT2D eigenvalue weighted by molar-refractivity contribution is 5.80. The molecule has 0 aliphatic rings. The largest absolute Gasteiger partial charge is 0.372 e.